The molecule has 1 aromatic rings. The van der Waals surface area contributed by atoms with Gasteiger partial charge in [0, 0.05) is 12.1 Å². The molecule has 0 unspecified atom stereocenters. The summed E-state index contributed by atoms with van der Waals surface area (Å²) in [7, 11) is 0. The summed E-state index contributed by atoms with van der Waals surface area (Å²) in [6.07, 6.45) is 4.15. The lowest BCUT2D eigenvalue weighted by Gasteiger charge is -2.27. The van der Waals surface area contributed by atoms with E-state index in [1.54, 1.807) is 6.07 Å². The van der Waals surface area contributed by atoms with E-state index in [2.05, 4.69) is 5.32 Å². The Morgan fingerprint density at radius 2 is 1.88 bits per heavy atom. The van der Waals surface area contributed by atoms with E-state index < -0.39 is 11.0 Å². The van der Waals surface area contributed by atoms with Gasteiger partial charge in [0.2, 0.25) is 6.79 Å². The summed E-state index contributed by atoms with van der Waals surface area (Å²) >= 11 is 0. The topological polar surface area (TPSA) is 95.1 Å². The van der Waals surface area contributed by atoms with Crippen molar-refractivity contribution in [2.45, 2.75) is 51.6 Å². The molecule has 2 aliphatic rings. The third-order valence-electron chi connectivity index (χ3n) is 5.31. The number of hydrogen-bond acceptors (Lipinski definition) is 5. The van der Waals surface area contributed by atoms with Gasteiger partial charge in [0.15, 0.2) is 17.5 Å². The van der Waals surface area contributed by atoms with Gasteiger partial charge in [-0.2, -0.15) is 0 Å². The molecule has 0 radical (unpaired) electrons. The number of nitrogens with one attached hydrogen (secondary N) is 2. The van der Waals surface area contributed by atoms with E-state index >= 15 is 0 Å². The van der Waals surface area contributed by atoms with Crippen LogP contribution in [0.5, 0.6) is 11.5 Å². The van der Waals surface area contributed by atoms with Crippen LogP contribution in [0.3, 0.4) is 0 Å². The molecule has 1 heterocycles. The third-order valence-corrected chi connectivity index (χ3v) is 5.31. The highest BCUT2D eigenvalue weighted by atomic mass is 16.7. The molecule has 1 aromatic carbocycles. The van der Waals surface area contributed by atoms with Crippen molar-refractivity contribution in [3.05, 3.63) is 27.8 Å². The van der Waals surface area contributed by atoms with Crippen molar-refractivity contribution in [2.24, 2.45) is 0 Å². The summed E-state index contributed by atoms with van der Waals surface area (Å²) in [5.41, 5.74) is 0.286. The molecule has 0 saturated heterocycles. The van der Waals surface area contributed by atoms with E-state index in [0.717, 1.165) is 30.6 Å². The van der Waals surface area contributed by atoms with Crippen molar-refractivity contribution in [3.63, 3.8) is 0 Å². The van der Waals surface area contributed by atoms with Crippen molar-refractivity contribution < 1.29 is 24.1 Å². The van der Waals surface area contributed by atoms with E-state index in [-0.39, 0.29) is 24.4 Å². The van der Waals surface area contributed by atoms with Gasteiger partial charge in [-0.25, -0.2) is 0 Å². The van der Waals surface area contributed by atoms with E-state index in [1.165, 1.54) is 6.07 Å². The van der Waals surface area contributed by atoms with Gasteiger partial charge >= 0.3 is 0 Å². The minimum atomic E-state index is -0.652. The largest absolute Gasteiger partial charge is 0.454 e. The zero-order valence-electron chi connectivity index (χ0n) is 15.2. The Kier molecular flexibility index (Phi) is 5.61. The number of ether oxygens (including phenoxy) is 2. The fourth-order valence-corrected chi connectivity index (χ4v) is 3.90. The van der Waals surface area contributed by atoms with Crippen LogP contribution in [0.1, 0.15) is 51.1 Å². The van der Waals surface area contributed by atoms with Gasteiger partial charge in [0.25, 0.3) is 11.6 Å². The highest BCUT2D eigenvalue weighted by Gasteiger charge is 2.38. The summed E-state index contributed by atoms with van der Waals surface area (Å²) in [5, 5.41) is 14.8. The van der Waals surface area contributed by atoms with E-state index in [4.69, 9.17) is 9.47 Å². The molecule has 8 heteroatoms. The van der Waals surface area contributed by atoms with Gasteiger partial charge in [-0.15, -0.1) is 0 Å². The number of amides is 1. The van der Waals surface area contributed by atoms with Gasteiger partial charge in [-0.05, 0) is 26.7 Å². The van der Waals surface area contributed by atoms with Gasteiger partial charge in [-0.1, -0.05) is 12.8 Å². The Hall–Kier alpha value is -2.35. The number of carbonyl (C=O) groups is 1. The number of nitro benzene ring substituents is 1. The molecule has 1 atom stereocenters. The Labute approximate surface area is 152 Å². The van der Waals surface area contributed by atoms with Crippen LogP contribution >= 0.6 is 0 Å². The average Bonchev–Trinajstić information content (AvgIpc) is 3.29. The Morgan fingerprint density at radius 3 is 2.46 bits per heavy atom. The first-order chi connectivity index (χ1) is 12.5. The lowest BCUT2D eigenvalue weighted by atomic mass is 10.0. The number of rotatable bonds is 7. The minimum Gasteiger partial charge on any atom is -0.454 e. The molecule has 1 aliphatic heterocycles. The SMILES string of the molecule is CC[NH+](CC)[C@H](C(=O)NC1CCCC1)c1cc2c(cc1[N+](=O)[O-])OCO2. The molecule has 8 nitrogen and oxygen atoms in total. The zero-order chi connectivity index (χ0) is 18.7. The third kappa shape index (κ3) is 3.60. The number of quaternary nitrogens is 1. The minimum absolute atomic E-state index is 0.0347. The van der Waals surface area contributed by atoms with Crippen LogP contribution in [-0.4, -0.2) is 36.8 Å². The molecular formula is C18H26N3O5+. The Balaban J connectivity index is 2.00. The molecule has 1 amide bonds. The first kappa shape index (κ1) is 18.4. The van der Waals surface area contributed by atoms with Crippen LogP contribution in [0.25, 0.3) is 0 Å². The summed E-state index contributed by atoms with van der Waals surface area (Å²) in [5.74, 6) is 0.651. The quantitative estimate of drug-likeness (QED) is 0.562. The Bertz CT molecular complexity index is 684. The molecule has 1 fully saturated rings. The smallest absolute Gasteiger partial charge is 0.283 e. The highest BCUT2D eigenvalue weighted by molar-refractivity contribution is 5.84. The summed E-state index contributed by atoms with van der Waals surface area (Å²) in [6, 6.07) is 2.48. The number of fused-ring (bicyclic) bond motifs is 1. The number of nitrogens with zero attached hydrogens (tertiary/aromatic N) is 1. The van der Waals surface area contributed by atoms with Crippen LogP contribution in [0.15, 0.2) is 12.1 Å². The predicted octanol–water partition coefficient (Wildman–Crippen LogP) is 1.35. The molecule has 26 heavy (non-hydrogen) atoms. The zero-order valence-corrected chi connectivity index (χ0v) is 15.2. The van der Waals surface area contributed by atoms with Gasteiger partial charge < -0.3 is 19.7 Å². The first-order valence-electron chi connectivity index (χ1n) is 9.28. The maximum Gasteiger partial charge on any atom is 0.283 e. The predicted molar refractivity (Wildman–Crippen MR) is 94.4 cm³/mol. The van der Waals surface area contributed by atoms with Crippen LogP contribution < -0.4 is 19.7 Å². The van der Waals surface area contributed by atoms with Gasteiger partial charge in [0.1, 0.15) is 5.56 Å². The number of nitro groups is 1. The highest BCUT2D eigenvalue weighted by Crippen LogP contribution is 2.39. The standard InChI is InChI=1S/C18H25N3O5/c1-3-20(4-2)17(18(22)19-12-7-5-6-8-12)13-9-15-16(26-11-25-15)10-14(13)21(23)24/h9-10,12,17H,3-8,11H2,1-2H3,(H,19,22)/p+1/t17-/m0/s1. The lowest BCUT2D eigenvalue weighted by molar-refractivity contribution is -0.918. The molecule has 0 spiro atoms. The summed E-state index contributed by atoms with van der Waals surface area (Å²) in [4.78, 5) is 25.3. The van der Waals surface area contributed by atoms with Crippen molar-refractivity contribution in [1.82, 2.24) is 5.32 Å². The van der Waals surface area contributed by atoms with Gasteiger partial charge in [-0.3, -0.25) is 14.9 Å². The van der Waals surface area contributed by atoms with Crippen molar-refractivity contribution in [3.8, 4) is 11.5 Å². The van der Waals surface area contributed by atoms with E-state index in [0.29, 0.717) is 30.2 Å². The normalized spacial score (nSPS) is 17.5. The maximum absolute atomic E-state index is 13.1. The van der Waals surface area contributed by atoms with Crippen LogP contribution in [0, 0.1) is 10.1 Å². The molecule has 1 aliphatic carbocycles. The van der Waals surface area contributed by atoms with Crippen LogP contribution in [0.2, 0.25) is 0 Å². The number of hydrogen-bond donors (Lipinski definition) is 2. The van der Waals surface area contributed by atoms with E-state index in [1.807, 2.05) is 13.8 Å². The first-order valence-corrected chi connectivity index (χ1v) is 9.28. The van der Waals surface area contributed by atoms with Crippen LogP contribution in [-0.2, 0) is 4.79 Å². The fourth-order valence-electron chi connectivity index (χ4n) is 3.90. The van der Waals surface area contributed by atoms with E-state index in [9.17, 15) is 14.9 Å². The van der Waals surface area contributed by atoms with Crippen LogP contribution in [0.4, 0.5) is 5.69 Å². The summed E-state index contributed by atoms with van der Waals surface area (Å²) < 4.78 is 10.7. The summed E-state index contributed by atoms with van der Waals surface area (Å²) in [6.45, 7) is 5.36. The second-order valence-corrected chi connectivity index (χ2v) is 6.81. The monoisotopic (exact) mass is 364 g/mol. The number of likely N-dealkylation sites (N-methyl/N-ethyl adjacent to an activating group) is 1. The fraction of sp³-hybridized carbons (Fsp3) is 0.611. The second-order valence-electron chi connectivity index (χ2n) is 6.81. The van der Waals surface area contributed by atoms with Crippen molar-refractivity contribution in [1.29, 1.82) is 0 Å². The molecule has 1 saturated carbocycles. The van der Waals surface area contributed by atoms with Crippen molar-refractivity contribution in [2.75, 3.05) is 19.9 Å². The van der Waals surface area contributed by atoms with Crippen molar-refractivity contribution >= 4 is 11.6 Å². The second kappa shape index (κ2) is 7.90. The average molecular weight is 364 g/mol. The Morgan fingerprint density at radius 1 is 1.27 bits per heavy atom. The molecule has 2 N–H and O–H groups in total. The molecule has 3 rings (SSSR count). The lowest BCUT2D eigenvalue weighted by Crippen LogP contribution is -3.13. The molecule has 0 bridgehead atoms. The molecule has 0 aromatic heterocycles. The number of carbonyl (C=O) groups excluding carboxylic acids is 1. The van der Waals surface area contributed by atoms with Gasteiger partial charge in [0.05, 0.1) is 24.1 Å². The molecular weight excluding hydrogens is 338 g/mol. The maximum atomic E-state index is 13.1. The number of benzene rings is 1. The molecule has 142 valence electrons.